The third kappa shape index (κ3) is 5.23. The van der Waals surface area contributed by atoms with Gasteiger partial charge in [-0.1, -0.05) is 48.5 Å². The monoisotopic (exact) mass is 480 g/mol. The average Bonchev–Trinajstić information content (AvgIpc) is 3.13. The fourth-order valence-corrected chi connectivity index (χ4v) is 6.17. The molecule has 0 unspecified atom stereocenters. The molecule has 1 amide bonds. The highest BCUT2D eigenvalue weighted by atomic mass is 32.2. The van der Waals surface area contributed by atoms with E-state index in [4.69, 9.17) is 0 Å². The van der Waals surface area contributed by atoms with Crippen LogP contribution in [0.15, 0.2) is 60.7 Å². The number of aryl methyl sites for hydroxylation is 1. The fraction of sp³-hybridized carbons (Fsp3) is 0.385. The van der Waals surface area contributed by atoms with Gasteiger partial charge < -0.3 is 4.90 Å². The van der Waals surface area contributed by atoms with E-state index in [0.717, 1.165) is 28.2 Å². The van der Waals surface area contributed by atoms with E-state index >= 15 is 0 Å². The molecule has 2 aromatic carbocycles. The minimum atomic E-state index is -3.39. The van der Waals surface area contributed by atoms with Gasteiger partial charge in [0.25, 0.3) is 0 Å². The van der Waals surface area contributed by atoms with Gasteiger partial charge in [0.15, 0.2) is 0 Å². The zero-order valence-electron chi connectivity index (χ0n) is 20.0. The first-order valence-electron chi connectivity index (χ1n) is 11.6. The van der Waals surface area contributed by atoms with Crippen molar-refractivity contribution in [3.05, 3.63) is 83.2 Å². The van der Waals surface area contributed by atoms with Crippen LogP contribution in [0.5, 0.6) is 0 Å². The van der Waals surface area contributed by atoms with Crippen LogP contribution in [-0.4, -0.2) is 53.4 Å². The standard InChI is InChI=1S/C26H32N4O3S/c1-20-25(21(2)30(27-20)24-12-8-5-9-13-24)18-28(3)26(31)23-14-16-29(17-15-23)34(32,33)19-22-10-6-4-7-11-22/h4-13,23H,14-19H2,1-3H3. The van der Waals surface area contributed by atoms with Gasteiger partial charge in [-0.2, -0.15) is 5.10 Å². The smallest absolute Gasteiger partial charge is 0.225 e. The van der Waals surface area contributed by atoms with Crippen molar-refractivity contribution in [1.82, 2.24) is 19.0 Å². The van der Waals surface area contributed by atoms with Crippen molar-refractivity contribution in [3.8, 4) is 5.69 Å². The first kappa shape index (κ1) is 24.2. The number of amides is 1. The molecule has 1 aromatic heterocycles. The second-order valence-corrected chi connectivity index (χ2v) is 11.0. The molecule has 1 saturated heterocycles. The number of para-hydroxylation sites is 1. The van der Waals surface area contributed by atoms with Crippen LogP contribution in [0.25, 0.3) is 5.69 Å². The van der Waals surface area contributed by atoms with E-state index in [9.17, 15) is 13.2 Å². The molecule has 1 aliphatic heterocycles. The number of carbonyl (C=O) groups excluding carboxylic acids is 1. The van der Waals surface area contributed by atoms with Gasteiger partial charge in [-0.3, -0.25) is 4.79 Å². The predicted molar refractivity (Wildman–Crippen MR) is 133 cm³/mol. The number of piperidine rings is 1. The van der Waals surface area contributed by atoms with Gasteiger partial charge in [-0.25, -0.2) is 17.4 Å². The van der Waals surface area contributed by atoms with Crippen LogP contribution in [0.2, 0.25) is 0 Å². The summed E-state index contributed by atoms with van der Waals surface area (Å²) in [5.74, 6) is -0.111. The number of hydrogen-bond donors (Lipinski definition) is 0. The molecule has 180 valence electrons. The summed E-state index contributed by atoms with van der Waals surface area (Å²) < 4.78 is 29.1. The summed E-state index contributed by atoms with van der Waals surface area (Å²) in [6, 6.07) is 19.2. The Morgan fingerprint density at radius 3 is 2.21 bits per heavy atom. The Labute approximate surface area is 202 Å². The van der Waals surface area contributed by atoms with Crippen LogP contribution in [0.3, 0.4) is 0 Å². The summed E-state index contributed by atoms with van der Waals surface area (Å²) in [5, 5.41) is 4.68. The first-order valence-corrected chi connectivity index (χ1v) is 13.2. The van der Waals surface area contributed by atoms with Crippen molar-refractivity contribution in [1.29, 1.82) is 0 Å². The lowest BCUT2D eigenvalue weighted by molar-refractivity contribution is -0.135. The second kappa shape index (κ2) is 10.1. The van der Waals surface area contributed by atoms with E-state index in [2.05, 4.69) is 5.10 Å². The van der Waals surface area contributed by atoms with Crippen LogP contribution in [-0.2, 0) is 27.1 Å². The highest BCUT2D eigenvalue weighted by molar-refractivity contribution is 7.88. The highest BCUT2D eigenvalue weighted by Crippen LogP contribution is 2.25. The van der Waals surface area contributed by atoms with Crippen molar-refractivity contribution < 1.29 is 13.2 Å². The van der Waals surface area contributed by atoms with E-state index in [1.54, 1.807) is 4.90 Å². The van der Waals surface area contributed by atoms with E-state index < -0.39 is 10.0 Å². The van der Waals surface area contributed by atoms with Gasteiger partial charge in [0.1, 0.15) is 0 Å². The Balaban J connectivity index is 1.37. The molecule has 7 nitrogen and oxygen atoms in total. The molecule has 0 bridgehead atoms. The van der Waals surface area contributed by atoms with Gasteiger partial charge in [0, 0.05) is 43.9 Å². The quantitative estimate of drug-likeness (QED) is 0.517. The summed E-state index contributed by atoms with van der Waals surface area (Å²) in [7, 11) is -1.57. The average molecular weight is 481 g/mol. The second-order valence-electron chi connectivity index (χ2n) is 9.01. The van der Waals surface area contributed by atoms with Crippen LogP contribution >= 0.6 is 0 Å². The molecule has 0 atom stereocenters. The zero-order valence-corrected chi connectivity index (χ0v) is 20.8. The molecule has 4 rings (SSSR count). The Kier molecular flexibility index (Phi) is 7.19. The Morgan fingerprint density at radius 2 is 1.59 bits per heavy atom. The fourth-order valence-electron chi connectivity index (χ4n) is 4.61. The lowest BCUT2D eigenvalue weighted by Gasteiger charge is -2.32. The molecule has 1 aliphatic rings. The molecule has 8 heteroatoms. The van der Waals surface area contributed by atoms with E-state index in [0.29, 0.717) is 32.5 Å². The van der Waals surface area contributed by atoms with Crippen molar-refractivity contribution in [2.24, 2.45) is 5.92 Å². The number of benzene rings is 2. The van der Waals surface area contributed by atoms with Crippen LogP contribution in [0.1, 0.15) is 35.4 Å². The van der Waals surface area contributed by atoms with Gasteiger partial charge >= 0.3 is 0 Å². The van der Waals surface area contributed by atoms with Gasteiger partial charge in [-0.15, -0.1) is 0 Å². The molecule has 0 spiro atoms. The lowest BCUT2D eigenvalue weighted by atomic mass is 9.96. The first-order chi connectivity index (χ1) is 16.3. The lowest BCUT2D eigenvalue weighted by Crippen LogP contribution is -2.43. The van der Waals surface area contributed by atoms with Crippen LogP contribution < -0.4 is 0 Å². The van der Waals surface area contributed by atoms with Gasteiger partial charge in [0.05, 0.1) is 17.1 Å². The van der Waals surface area contributed by atoms with E-state index in [1.807, 2.05) is 86.2 Å². The maximum atomic E-state index is 13.2. The number of carbonyl (C=O) groups is 1. The number of rotatable bonds is 7. The predicted octanol–water partition coefficient (Wildman–Crippen LogP) is 3.69. The maximum absolute atomic E-state index is 13.2. The summed E-state index contributed by atoms with van der Waals surface area (Å²) >= 11 is 0. The Morgan fingerprint density at radius 1 is 1.00 bits per heavy atom. The summed E-state index contributed by atoms with van der Waals surface area (Å²) in [6.07, 6.45) is 1.08. The Hall–Kier alpha value is -2.97. The number of nitrogens with zero attached hydrogens (tertiary/aromatic N) is 4. The molecule has 3 aromatic rings. The molecule has 0 aliphatic carbocycles. The largest absolute Gasteiger partial charge is 0.341 e. The molecule has 0 saturated carbocycles. The van der Waals surface area contributed by atoms with E-state index in [-0.39, 0.29) is 17.6 Å². The van der Waals surface area contributed by atoms with Crippen molar-refractivity contribution in [2.45, 2.75) is 39.0 Å². The minimum Gasteiger partial charge on any atom is -0.341 e. The Bertz CT molecular complexity index is 1230. The molecular weight excluding hydrogens is 448 g/mol. The molecule has 0 N–H and O–H groups in total. The molecule has 2 heterocycles. The summed E-state index contributed by atoms with van der Waals surface area (Å²) in [6.45, 7) is 5.23. The third-order valence-corrected chi connectivity index (χ3v) is 8.45. The topological polar surface area (TPSA) is 75.5 Å². The highest BCUT2D eigenvalue weighted by Gasteiger charge is 2.32. The van der Waals surface area contributed by atoms with Crippen molar-refractivity contribution >= 4 is 15.9 Å². The zero-order chi connectivity index (χ0) is 24.3. The van der Waals surface area contributed by atoms with Crippen LogP contribution in [0.4, 0.5) is 0 Å². The third-order valence-electron chi connectivity index (χ3n) is 6.60. The molecule has 1 fully saturated rings. The normalized spacial score (nSPS) is 15.4. The molecule has 0 radical (unpaired) electrons. The molecule has 34 heavy (non-hydrogen) atoms. The van der Waals surface area contributed by atoms with Gasteiger partial charge in [0.2, 0.25) is 15.9 Å². The van der Waals surface area contributed by atoms with E-state index in [1.165, 1.54) is 4.31 Å². The SMILES string of the molecule is Cc1nn(-c2ccccc2)c(C)c1CN(C)C(=O)C1CCN(S(=O)(=O)Cc2ccccc2)CC1. The minimum absolute atomic E-state index is 0.00366. The number of aromatic nitrogens is 2. The maximum Gasteiger partial charge on any atom is 0.225 e. The molecular formula is C26H32N4O3S. The summed E-state index contributed by atoms with van der Waals surface area (Å²) in [5.41, 5.74) is 4.74. The van der Waals surface area contributed by atoms with Crippen molar-refractivity contribution in [2.75, 3.05) is 20.1 Å². The van der Waals surface area contributed by atoms with Crippen molar-refractivity contribution in [3.63, 3.8) is 0 Å². The number of hydrogen-bond acceptors (Lipinski definition) is 4. The van der Waals surface area contributed by atoms with Crippen LogP contribution in [0, 0.1) is 19.8 Å². The summed E-state index contributed by atoms with van der Waals surface area (Å²) in [4.78, 5) is 14.9. The van der Waals surface area contributed by atoms with Gasteiger partial charge in [-0.05, 0) is 44.4 Å². The number of sulfonamides is 1.